The standard InChI is InChI=1S/C25H22N2O/c1-18(19-10-4-2-5-11-19)26-25(28)17-21-16-24(20-12-6-3-7-13-20)27-23-15-9-8-14-22(21)23/h2-16,18H,17H2,1H3,(H,26,28)/t18-/m0/s1. The molecule has 138 valence electrons. The van der Waals surface area contributed by atoms with Gasteiger partial charge in [0.25, 0.3) is 0 Å². The van der Waals surface area contributed by atoms with E-state index in [-0.39, 0.29) is 11.9 Å². The first-order valence-electron chi connectivity index (χ1n) is 9.49. The average Bonchev–Trinajstić information content (AvgIpc) is 2.75. The Morgan fingerprint density at radius 3 is 2.29 bits per heavy atom. The van der Waals surface area contributed by atoms with E-state index in [1.807, 2.05) is 97.9 Å². The Morgan fingerprint density at radius 2 is 1.54 bits per heavy atom. The molecule has 4 aromatic rings. The van der Waals surface area contributed by atoms with Crippen LogP contribution in [0, 0.1) is 0 Å². The SMILES string of the molecule is C[C@H](NC(=O)Cc1cc(-c2ccccc2)nc2ccccc12)c1ccccc1. The number of hydrogen-bond acceptors (Lipinski definition) is 2. The number of para-hydroxylation sites is 1. The Kier molecular flexibility index (Phi) is 5.16. The molecule has 0 fully saturated rings. The predicted octanol–water partition coefficient (Wildman–Crippen LogP) is 5.32. The van der Waals surface area contributed by atoms with E-state index in [2.05, 4.69) is 5.32 Å². The Hall–Kier alpha value is -3.46. The monoisotopic (exact) mass is 366 g/mol. The van der Waals surface area contributed by atoms with Crippen molar-refractivity contribution in [1.82, 2.24) is 10.3 Å². The van der Waals surface area contributed by atoms with Gasteiger partial charge >= 0.3 is 0 Å². The summed E-state index contributed by atoms with van der Waals surface area (Å²) in [7, 11) is 0. The lowest BCUT2D eigenvalue weighted by Crippen LogP contribution is -2.28. The predicted molar refractivity (Wildman–Crippen MR) is 114 cm³/mol. The third-order valence-corrected chi connectivity index (χ3v) is 4.90. The second kappa shape index (κ2) is 8.05. The average molecular weight is 366 g/mol. The molecule has 0 saturated heterocycles. The first-order valence-corrected chi connectivity index (χ1v) is 9.49. The van der Waals surface area contributed by atoms with Gasteiger partial charge in [0.05, 0.1) is 23.7 Å². The Balaban J connectivity index is 1.63. The number of nitrogens with zero attached hydrogens (tertiary/aromatic N) is 1. The maximum absolute atomic E-state index is 12.8. The van der Waals surface area contributed by atoms with Gasteiger partial charge in [-0.3, -0.25) is 4.79 Å². The van der Waals surface area contributed by atoms with Gasteiger partial charge in [-0.15, -0.1) is 0 Å². The lowest BCUT2D eigenvalue weighted by Gasteiger charge is -2.15. The van der Waals surface area contributed by atoms with Crippen LogP contribution in [0.5, 0.6) is 0 Å². The van der Waals surface area contributed by atoms with Crippen LogP contribution < -0.4 is 5.32 Å². The molecule has 0 aliphatic heterocycles. The highest BCUT2D eigenvalue weighted by Gasteiger charge is 2.13. The lowest BCUT2D eigenvalue weighted by atomic mass is 10.0. The van der Waals surface area contributed by atoms with Gasteiger partial charge in [-0.2, -0.15) is 0 Å². The van der Waals surface area contributed by atoms with Crippen molar-refractivity contribution >= 4 is 16.8 Å². The molecule has 0 spiro atoms. The highest BCUT2D eigenvalue weighted by atomic mass is 16.1. The van der Waals surface area contributed by atoms with Crippen LogP contribution in [0.1, 0.15) is 24.1 Å². The molecule has 1 N–H and O–H groups in total. The first kappa shape index (κ1) is 17.9. The highest BCUT2D eigenvalue weighted by Crippen LogP contribution is 2.25. The summed E-state index contributed by atoms with van der Waals surface area (Å²) in [6.45, 7) is 2.01. The second-order valence-electron chi connectivity index (χ2n) is 6.93. The minimum atomic E-state index is -0.0320. The molecular weight excluding hydrogens is 344 g/mol. The zero-order valence-electron chi connectivity index (χ0n) is 15.8. The molecular formula is C25H22N2O. The molecule has 0 aliphatic carbocycles. The van der Waals surface area contributed by atoms with Crippen LogP contribution in [0.15, 0.2) is 91.0 Å². The van der Waals surface area contributed by atoms with Gasteiger partial charge in [0.2, 0.25) is 5.91 Å². The summed E-state index contributed by atoms with van der Waals surface area (Å²) in [5.41, 5.74) is 4.93. The zero-order valence-corrected chi connectivity index (χ0v) is 15.8. The van der Waals surface area contributed by atoms with Gasteiger partial charge in [-0.1, -0.05) is 78.9 Å². The summed E-state index contributed by atoms with van der Waals surface area (Å²) in [5.74, 6) is 0.00622. The number of amides is 1. The third kappa shape index (κ3) is 3.94. The molecule has 28 heavy (non-hydrogen) atoms. The van der Waals surface area contributed by atoms with Crippen LogP contribution in [-0.4, -0.2) is 10.9 Å². The lowest BCUT2D eigenvalue weighted by molar-refractivity contribution is -0.121. The van der Waals surface area contributed by atoms with E-state index in [1.54, 1.807) is 0 Å². The van der Waals surface area contributed by atoms with Crippen molar-refractivity contribution in [2.75, 3.05) is 0 Å². The molecule has 0 aliphatic rings. The molecule has 1 heterocycles. The van der Waals surface area contributed by atoms with E-state index in [0.29, 0.717) is 6.42 Å². The number of rotatable bonds is 5. The molecule has 3 heteroatoms. The molecule has 0 bridgehead atoms. The van der Waals surface area contributed by atoms with E-state index < -0.39 is 0 Å². The number of benzene rings is 3. The van der Waals surface area contributed by atoms with E-state index in [0.717, 1.165) is 33.3 Å². The first-order chi connectivity index (χ1) is 13.7. The van der Waals surface area contributed by atoms with E-state index in [9.17, 15) is 4.79 Å². The van der Waals surface area contributed by atoms with Crippen LogP contribution in [0.4, 0.5) is 0 Å². The molecule has 1 aromatic heterocycles. The van der Waals surface area contributed by atoms with E-state index in [4.69, 9.17) is 4.98 Å². The molecule has 3 nitrogen and oxygen atoms in total. The number of aromatic nitrogens is 1. The van der Waals surface area contributed by atoms with E-state index >= 15 is 0 Å². The zero-order chi connectivity index (χ0) is 19.3. The van der Waals surface area contributed by atoms with Gasteiger partial charge < -0.3 is 5.32 Å². The van der Waals surface area contributed by atoms with Crippen molar-refractivity contribution in [3.05, 3.63) is 102 Å². The summed E-state index contributed by atoms with van der Waals surface area (Å²) in [6.07, 6.45) is 0.319. The van der Waals surface area contributed by atoms with Crippen molar-refractivity contribution in [2.24, 2.45) is 0 Å². The molecule has 3 aromatic carbocycles. The number of carbonyl (C=O) groups is 1. The Bertz CT molecular complexity index is 1090. The van der Waals surface area contributed by atoms with Crippen molar-refractivity contribution in [3.63, 3.8) is 0 Å². The molecule has 0 radical (unpaired) electrons. The van der Waals surface area contributed by atoms with Gasteiger partial charge in [0.15, 0.2) is 0 Å². The number of fused-ring (bicyclic) bond motifs is 1. The number of hydrogen-bond donors (Lipinski definition) is 1. The van der Waals surface area contributed by atoms with Crippen LogP contribution in [-0.2, 0) is 11.2 Å². The molecule has 0 unspecified atom stereocenters. The summed E-state index contributed by atoms with van der Waals surface area (Å²) in [4.78, 5) is 17.5. The van der Waals surface area contributed by atoms with Crippen molar-refractivity contribution in [1.29, 1.82) is 0 Å². The second-order valence-corrected chi connectivity index (χ2v) is 6.93. The van der Waals surface area contributed by atoms with Crippen LogP contribution in [0.3, 0.4) is 0 Å². The van der Waals surface area contributed by atoms with Crippen molar-refractivity contribution in [2.45, 2.75) is 19.4 Å². The van der Waals surface area contributed by atoms with Crippen LogP contribution >= 0.6 is 0 Å². The quantitative estimate of drug-likeness (QED) is 0.519. The Morgan fingerprint density at radius 1 is 0.893 bits per heavy atom. The molecule has 0 saturated carbocycles. The summed E-state index contributed by atoms with van der Waals surface area (Å²) in [6, 6.07) is 30.1. The van der Waals surface area contributed by atoms with Crippen LogP contribution in [0.2, 0.25) is 0 Å². The molecule has 1 atom stereocenters. The minimum absolute atomic E-state index is 0.00622. The molecule has 1 amide bonds. The van der Waals surface area contributed by atoms with Gasteiger partial charge in [0, 0.05) is 10.9 Å². The highest BCUT2D eigenvalue weighted by molar-refractivity contribution is 5.90. The fourth-order valence-electron chi connectivity index (χ4n) is 3.44. The number of pyridine rings is 1. The molecule has 4 rings (SSSR count). The summed E-state index contributed by atoms with van der Waals surface area (Å²) >= 11 is 0. The largest absolute Gasteiger partial charge is 0.349 e. The Labute approximate surface area is 165 Å². The fraction of sp³-hybridized carbons (Fsp3) is 0.120. The summed E-state index contributed by atoms with van der Waals surface area (Å²) < 4.78 is 0. The van der Waals surface area contributed by atoms with Crippen LogP contribution in [0.25, 0.3) is 22.2 Å². The normalized spacial score (nSPS) is 11.9. The maximum Gasteiger partial charge on any atom is 0.224 e. The topological polar surface area (TPSA) is 42.0 Å². The van der Waals surface area contributed by atoms with E-state index in [1.165, 1.54) is 0 Å². The van der Waals surface area contributed by atoms with Gasteiger partial charge in [0.1, 0.15) is 0 Å². The number of carbonyl (C=O) groups excluding carboxylic acids is 1. The third-order valence-electron chi connectivity index (χ3n) is 4.90. The maximum atomic E-state index is 12.8. The van der Waals surface area contributed by atoms with Gasteiger partial charge in [-0.05, 0) is 30.2 Å². The summed E-state index contributed by atoms with van der Waals surface area (Å²) in [5, 5.41) is 4.13. The smallest absolute Gasteiger partial charge is 0.224 e. The fourth-order valence-corrected chi connectivity index (χ4v) is 3.44. The van der Waals surface area contributed by atoms with Crippen molar-refractivity contribution < 1.29 is 4.79 Å². The van der Waals surface area contributed by atoms with Gasteiger partial charge in [-0.25, -0.2) is 4.98 Å². The number of nitrogens with one attached hydrogen (secondary N) is 1. The van der Waals surface area contributed by atoms with Crippen molar-refractivity contribution in [3.8, 4) is 11.3 Å². The minimum Gasteiger partial charge on any atom is -0.349 e.